The van der Waals surface area contributed by atoms with Crippen molar-refractivity contribution >= 4 is 17.3 Å². The molecular weight excluding hydrogens is 212 g/mol. The van der Waals surface area contributed by atoms with Crippen molar-refractivity contribution in [2.24, 2.45) is 0 Å². The predicted molar refractivity (Wildman–Crippen MR) is 70.3 cm³/mol. The Hall–Kier alpha value is -2.10. The van der Waals surface area contributed by atoms with Gasteiger partial charge in [-0.05, 0) is 31.0 Å². The monoisotopic (exact) mass is 228 g/mol. The first kappa shape index (κ1) is 11.4. The highest BCUT2D eigenvalue weighted by Crippen LogP contribution is 2.22. The molecule has 1 aromatic heterocycles. The summed E-state index contributed by atoms with van der Waals surface area (Å²) >= 11 is 0. The normalized spacial score (nSPS) is 10.2. The van der Waals surface area contributed by atoms with Gasteiger partial charge in [-0.3, -0.25) is 0 Å². The lowest BCUT2D eigenvalue weighted by molar-refractivity contribution is 1.06. The zero-order valence-electron chi connectivity index (χ0n) is 10.1. The first-order chi connectivity index (χ1) is 8.20. The summed E-state index contributed by atoms with van der Waals surface area (Å²) in [6.07, 6.45) is 2.29. The summed E-state index contributed by atoms with van der Waals surface area (Å²) in [7, 11) is 0. The van der Waals surface area contributed by atoms with Crippen LogP contribution < -0.4 is 11.1 Å². The maximum Gasteiger partial charge on any atom is 0.139 e. The molecule has 0 radical (unpaired) electrons. The number of nitrogens with two attached hydrogens (primary N) is 1. The summed E-state index contributed by atoms with van der Waals surface area (Å²) < 4.78 is 0. The molecule has 0 aliphatic rings. The average molecular weight is 228 g/mol. The minimum Gasteiger partial charge on any atom is -0.383 e. The number of aromatic nitrogens is 2. The lowest BCUT2D eigenvalue weighted by Crippen LogP contribution is -2.04. The maximum absolute atomic E-state index is 5.82. The minimum atomic E-state index is 0.539. The van der Waals surface area contributed by atoms with Crippen molar-refractivity contribution in [3.05, 3.63) is 41.7 Å². The molecule has 0 aliphatic heterocycles. The molecular formula is C13H16N4. The first-order valence-electron chi connectivity index (χ1n) is 5.63. The van der Waals surface area contributed by atoms with Crippen molar-refractivity contribution in [1.82, 2.24) is 9.97 Å². The molecule has 0 saturated carbocycles. The van der Waals surface area contributed by atoms with Gasteiger partial charge in [-0.15, -0.1) is 0 Å². The molecule has 0 amide bonds. The topological polar surface area (TPSA) is 63.8 Å². The number of benzene rings is 1. The van der Waals surface area contributed by atoms with E-state index >= 15 is 0 Å². The van der Waals surface area contributed by atoms with Crippen LogP contribution in [-0.4, -0.2) is 9.97 Å². The molecule has 2 aromatic rings. The number of rotatable bonds is 3. The summed E-state index contributed by atoms with van der Waals surface area (Å²) in [5, 5.41) is 3.27. The van der Waals surface area contributed by atoms with Gasteiger partial charge in [0.15, 0.2) is 0 Å². The van der Waals surface area contributed by atoms with Crippen LogP contribution in [0.2, 0.25) is 0 Å². The summed E-state index contributed by atoms with van der Waals surface area (Å²) in [6.45, 7) is 4.09. The Morgan fingerprint density at radius 3 is 2.82 bits per heavy atom. The lowest BCUT2D eigenvalue weighted by atomic mass is 10.2. The summed E-state index contributed by atoms with van der Waals surface area (Å²) in [6, 6.07) is 8.14. The zero-order valence-corrected chi connectivity index (χ0v) is 10.1. The molecule has 1 heterocycles. The van der Waals surface area contributed by atoms with Crippen LogP contribution in [-0.2, 0) is 6.42 Å². The van der Waals surface area contributed by atoms with E-state index in [0.29, 0.717) is 5.82 Å². The van der Waals surface area contributed by atoms with Crippen molar-refractivity contribution in [2.75, 3.05) is 11.1 Å². The lowest BCUT2D eigenvalue weighted by Gasteiger charge is -2.11. The average Bonchev–Trinajstić information content (AvgIpc) is 2.29. The van der Waals surface area contributed by atoms with Gasteiger partial charge in [0.1, 0.15) is 18.0 Å². The van der Waals surface area contributed by atoms with Gasteiger partial charge in [0, 0.05) is 11.3 Å². The van der Waals surface area contributed by atoms with Crippen LogP contribution in [0, 0.1) is 6.92 Å². The Morgan fingerprint density at radius 1 is 1.29 bits per heavy atom. The summed E-state index contributed by atoms with van der Waals surface area (Å²) in [5.74, 6) is 1.32. The molecule has 1 aromatic carbocycles. The predicted octanol–water partition coefficient (Wildman–Crippen LogP) is 2.67. The molecule has 0 bridgehead atoms. The van der Waals surface area contributed by atoms with Gasteiger partial charge in [-0.25, -0.2) is 9.97 Å². The Balaban J connectivity index is 2.33. The van der Waals surface area contributed by atoms with E-state index in [1.54, 1.807) is 0 Å². The number of hydrogen-bond acceptors (Lipinski definition) is 4. The van der Waals surface area contributed by atoms with Gasteiger partial charge in [-0.1, -0.05) is 19.1 Å². The third-order valence-electron chi connectivity index (χ3n) is 2.61. The van der Waals surface area contributed by atoms with E-state index < -0.39 is 0 Å². The van der Waals surface area contributed by atoms with Gasteiger partial charge in [0.05, 0.1) is 0 Å². The van der Waals surface area contributed by atoms with Crippen LogP contribution in [0.5, 0.6) is 0 Å². The molecule has 4 nitrogen and oxygen atoms in total. The van der Waals surface area contributed by atoms with Crippen LogP contribution in [0.15, 0.2) is 30.6 Å². The fraction of sp³-hybridized carbons (Fsp3) is 0.231. The Morgan fingerprint density at radius 2 is 2.12 bits per heavy atom. The third kappa shape index (κ3) is 2.53. The number of nitrogens with zero attached hydrogens (tertiary/aromatic N) is 2. The number of aryl methyl sites for hydroxylation is 1. The van der Waals surface area contributed by atoms with Crippen molar-refractivity contribution in [1.29, 1.82) is 0 Å². The minimum absolute atomic E-state index is 0.539. The molecule has 0 atom stereocenters. The Labute approximate surface area is 101 Å². The van der Waals surface area contributed by atoms with Crippen LogP contribution in [0.4, 0.5) is 17.3 Å². The molecule has 88 valence electrons. The Kier molecular flexibility index (Phi) is 3.23. The van der Waals surface area contributed by atoms with Gasteiger partial charge in [-0.2, -0.15) is 0 Å². The first-order valence-corrected chi connectivity index (χ1v) is 5.63. The SMILES string of the molecule is CCc1c(N)ncnc1Nc1cccc(C)c1. The molecule has 0 fully saturated rings. The largest absolute Gasteiger partial charge is 0.383 e. The van der Waals surface area contributed by atoms with Gasteiger partial charge >= 0.3 is 0 Å². The molecule has 3 N–H and O–H groups in total. The summed E-state index contributed by atoms with van der Waals surface area (Å²) in [5.41, 5.74) is 8.99. The van der Waals surface area contributed by atoms with Gasteiger partial charge in [0.25, 0.3) is 0 Å². The molecule has 0 aliphatic carbocycles. The van der Waals surface area contributed by atoms with Crippen molar-refractivity contribution in [3.63, 3.8) is 0 Å². The smallest absolute Gasteiger partial charge is 0.139 e. The molecule has 4 heteroatoms. The second-order valence-electron chi connectivity index (χ2n) is 3.93. The highest BCUT2D eigenvalue weighted by atomic mass is 15.0. The highest BCUT2D eigenvalue weighted by molar-refractivity contribution is 5.64. The van der Waals surface area contributed by atoms with Gasteiger partial charge in [0.2, 0.25) is 0 Å². The van der Waals surface area contributed by atoms with E-state index in [1.165, 1.54) is 11.9 Å². The van der Waals surface area contributed by atoms with Crippen molar-refractivity contribution in [3.8, 4) is 0 Å². The number of nitrogens with one attached hydrogen (secondary N) is 1. The zero-order chi connectivity index (χ0) is 12.3. The summed E-state index contributed by atoms with van der Waals surface area (Å²) in [4.78, 5) is 8.23. The maximum atomic E-state index is 5.82. The second-order valence-corrected chi connectivity index (χ2v) is 3.93. The van der Waals surface area contributed by atoms with Crippen molar-refractivity contribution < 1.29 is 0 Å². The number of hydrogen-bond donors (Lipinski definition) is 2. The van der Waals surface area contributed by atoms with Crippen molar-refractivity contribution in [2.45, 2.75) is 20.3 Å². The number of nitrogen functional groups attached to an aromatic ring is 1. The molecule has 0 unspecified atom stereocenters. The quantitative estimate of drug-likeness (QED) is 0.847. The molecule has 2 rings (SSSR count). The molecule has 17 heavy (non-hydrogen) atoms. The Bertz CT molecular complexity index is 523. The van der Waals surface area contributed by atoms with E-state index in [4.69, 9.17) is 5.73 Å². The second kappa shape index (κ2) is 4.82. The fourth-order valence-corrected chi connectivity index (χ4v) is 1.74. The number of anilines is 3. The van der Waals surface area contributed by atoms with E-state index in [9.17, 15) is 0 Å². The van der Waals surface area contributed by atoms with Crippen LogP contribution >= 0.6 is 0 Å². The van der Waals surface area contributed by atoms with E-state index in [-0.39, 0.29) is 0 Å². The van der Waals surface area contributed by atoms with Crippen LogP contribution in [0.25, 0.3) is 0 Å². The highest BCUT2D eigenvalue weighted by Gasteiger charge is 2.07. The standard InChI is InChI=1S/C13H16N4/c1-3-11-12(14)15-8-16-13(11)17-10-6-4-5-9(2)7-10/h4-8H,3H2,1-2H3,(H3,14,15,16,17). The third-order valence-corrected chi connectivity index (χ3v) is 2.61. The van der Waals surface area contributed by atoms with E-state index in [0.717, 1.165) is 23.5 Å². The van der Waals surface area contributed by atoms with E-state index in [2.05, 4.69) is 34.3 Å². The van der Waals surface area contributed by atoms with Crippen LogP contribution in [0.1, 0.15) is 18.1 Å². The van der Waals surface area contributed by atoms with E-state index in [1.807, 2.05) is 19.1 Å². The fourth-order valence-electron chi connectivity index (χ4n) is 1.74. The molecule has 0 spiro atoms. The molecule has 0 saturated heterocycles. The van der Waals surface area contributed by atoms with Gasteiger partial charge < -0.3 is 11.1 Å². The van der Waals surface area contributed by atoms with Crippen LogP contribution in [0.3, 0.4) is 0 Å².